The van der Waals surface area contributed by atoms with Crippen molar-refractivity contribution >= 4 is 17.7 Å². The van der Waals surface area contributed by atoms with E-state index in [0.717, 1.165) is 0 Å². The summed E-state index contributed by atoms with van der Waals surface area (Å²) in [6, 6.07) is 0. The maximum absolute atomic E-state index is 13.8. The Bertz CT molecular complexity index is 868. The minimum absolute atomic E-state index is 0.202. The molecule has 2 saturated carbocycles. The van der Waals surface area contributed by atoms with Gasteiger partial charge < -0.3 is 29.5 Å². The fourth-order valence-electron chi connectivity index (χ4n) is 6.93. The van der Waals surface area contributed by atoms with Crippen LogP contribution in [0.4, 0.5) is 0 Å². The van der Waals surface area contributed by atoms with E-state index in [1.54, 1.807) is 13.8 Å². The number of ether oxygens (including phenoxy) is 3. The van der Waals surface area contributed by atoms with Crippen molar-refractivity contribution in [1.29, 1.82) is 0 Å². The molecule has 0 amide bonds. The van der Waals surface area contributed by atoms with E-state index in [1.165, 1.54) is 19.9 Å². The first-order valence-corrected chi connectivity index (χ1v) is 11.3. The fraction of sp³-hybridized carbons (Fsp3) is 0.792. The van der Waals surface area contributed by atoms with Gasteiger partial charge in [0.25, 0.3) is 0 Å². The van der Waals surface area contributed by atoms with E-state index in [-0.39, 0.29) is 6.42 Å². The summed E-state index contributed by atoms with van der Waals surface area (Å²) in [6.45, 7) is 12.4. The Morgan fingerprint density at radius 1 is 1.21 bits per heavy atom. The van der Waals surface area contributed by atoms with Gasteiger partial charge in [-0.15, -0.1) is 6.58 Å². The third-order valence-corrected chi connectivity index (χ3v) is 8.39. The maximum atomic E-state index is 13.8. The van der Waals surface area contributed by atoms with Crippen LogP contribution in [0.15, 0.2) is 12.7 Å². The highest BCUT2D eigenvalue weighted by atomic mass is 16.6. The van der Waals surface area contributed by atoms with E-state index in [1.807, 2.05) is 13.8 Å². The molecular weight excluding hydrogens is 432 g/mol. The number of ketones is 1. The van der Waals surface area contributed by atoms with Crippen LogP contribution < -0.4 is 0 Å². The average molecular weight is 469 g/mol. The number of esters is 2. The summed E-state index contributed by atoms with van der Waals surface area (Å²) in [5.41, 5.74) is -7.58. The smallest absolute Gasteiger partial charge is 0.332 e. The molecule has 0 aromatic rings. The fourth-order valence-corrected chi connectivity index (χ4v) is 6.93. The van der Waals surface area contributed by atoms with E-state index in [4.69, 9.17) is 14.2 Å². The molecule has 2 aliphatic carbocycles. The number of Topliss-reactive ketones (excluding diaryl/α,β-unsaturated/α-hetero) is 1. The summed E-state index contributed by atoms with van der Waals surface area (Å²) < 4.78 is 17.7. The standard InChI is InChI=1S/C24H36O9/c1-8-21(5)11-15(28)24(30)22(6)14(27)9-10-20(3,4)18(22)17(32-16(29)12-25)19(31-13(2)26)23(24,7)33-21/h8,14,17-19,25,27,30H,1,9-12H2,2-7H3/t14-,17-,18-,19-,21-,22-,23+,24-/m0/s1. The Labute approximate surface area is 194 Å². The summed E-state index contributed by atoms with van der Waals surface area (Å²) in [5.74, 6) is -3.08. The lowest BCUT2D eigenvalue weighted by Gasteiger charge is -2.71. The molecule has 1 aliphatic heterocycles. The van der Waals surface area contributed by atoms with Crippen LogP contribution in [-0.4, -0.2) is 74.8 Å². The van der Waals surface area contributed by atoms with Crippen LogP contribution in [0.1, 0.15) is 60.8 Å². The first-order valence-electron chi connectivity index (χ1n) is 11.3. The molecule has 0 radical (unpaired) electrons. The lowest BCUT2D eigenvalue weighted by atomic mass is 9.39. The number of fused-ring (bicyclic) bond motifs is 3. The zero-order chi connectivity index (χ0) is 25.2. The molecule has 186 valence electrons. The molecule has 33 heavy (non-hydrogen) atoms. The first-order chi connectivity index (χ1) is 15.0. The van der Waals surface area contributed by atoms with Gasteiger partial charge in [0, 0.05) is 24.7 Å². The van der Waals surface area contributed by atoms with Gasteiger partial charge in [0.05, 0.1) is 11.7 Å². The summed E-state index contributed by atoms with van der Waals surface area (Å²) in [5, 5.41) is 33.1. The quantitative estimate of drug-likeness (QED) is 0.408. The molecular formula is C24H36O9. The van der Waals surface area contributed by atoms with E-state index >= 15 is 0 Å². The van der Waals surface area contributed by atoms with Gasteiger partial charge in [-0.05, 0) is 32.1 Å². The van der Waals surface area contributed by atoms with Crippen LogP contribution in [-0.2, 0) is 28.6 Å². The molecule has 0 aromatic carbocycles. The molecule has 3 aliphatic rings. The van der Waals surface area contributed by atoms with Crippen molar-refractivity contribution in [3.05, 3.63) is 12.7 Å². The van der Waals surface area contributed by atoms with Gasteiger partial charge in [-0.25, -0.2) is 4.79 Å². The third-order valence-electron chi connectivity index (χ3n) is 8.39. The predicted octanol–water partition coefficient (Wildman–Crippen LogP) is 1.06. The summed E-state index contributed by atoms with van der Waals surface area (Å²) in [7, 11) is 0. The Morgan fingerprint density at radius 3 is 2.33 bits per heavy atom. The third kappa shape index (κ3) is 3.38. The van der Waals surface area contributed by atoms with Crippen molar-refractivity contribution in [3.63, 3.8) is 0 Å². The van der Waals surface area contributed by atoms with E-state index in [0.29, 0.717) is 12.8 Å². The minimum Gasteiger partial charge on any atom is -0.456 e. The molecule has 1 heterocycles. The summed E-state index contributed by atoms with van der Waals surface area (Å²) in [4.78, 5) is 38.3. The molecule has 3 fully saturated rings. The highest BCUT2D eigenvalue weighted by Crippen LogP contribution is 2.67. The second-order valence-corrected chi connectivity index (χ2v) is 11.0. The van der Waals surface area contributed by atoms with Crippen LogP contribution in [0.3, 0.4) is 0 Å². The normalized spacial score (nSPS) is 46.5. The lowest BCUT2D eigenvalue weighted by molar-refractivity contribution is -0.371. The Kier molecular flexibility index (Phi) is 6.15. The number of carbonyl (C=O) groups excluding carboxylic acids is 3. The van der Waals surface area contributed by atoms with Gasteiger partial charge >= 0.3 is 11.9 Å². The molecule has 0 unspecified atom stereocenters. The summed E-state index contributed by atoms with van der Waals surface area (Å²) in [6.07, 6.45) is -1.73. The zero-order valence-electron chi connectivity index (χ0n) is 20.2. The molecule has 9 nitrogen and oxygen atoms in total. The van der Waals surface area contributed by atoms with Gasteiger partial charge in [-0.1, -0.05) is 26.8 Å². The molecule has 1 saturated heterocycles. The van der Waals surface area contributed by atoms with E-state index in [2.05, 4.69) is 6.58 Å². The van der Waals surface area contributed by atoms with Crippen molar-refractivity contribution in [3.8, 4) is 0 Å². The molecule has 8 atom stereocenters. The highest BCUT2D eigenvalue weighted by molar-refractivity contribution is 5.92. The van der Waals surface area contributed by atoms with Gasteiger partial charge in [0.2, 0.25) is 0 Å². The van der Waals surface area contributed by atoms with Gasteiger partial charge in [0.15, 0.2) is 17.5 Å². The van der Waals surface area contributed by atoms with Gasteiger partial charge in [-0.3, -0.25) is 9.59 Å². The van der Waals surface area contributed by atoms with Crippen molar-refractivity contribution < 1.29 is 43.9 Å². The van der Waals surface area contributed by atoms with Crippen molar-refractivity contribution in [1.82, 2.24) is 0 Å². The molecule has 0 aromatic heterocycles. The van der Waals surface area contributed by atoms with Gasteiger partial charge in [0.1, 0.15) is 18.3 Å². The zero-order valence-corrected chi connectivity index (χ0v) is 20.2. The SMILES string of the molecule is C=C[C@@]1(C)CC(=O)[C@]2(O)[C@@]3(C)[C@@H](O)CCC(C)(C)[C@@H]3[C@H](OC(=O)CO)[C@H](OC(C)=O)[C@@]2(C)O1. The monoisotopic (exact) mass is 468 g/mol. The van der Waals surface area contributed by atoms with Crippen molar-refractivity contribution in [2.75, 3.05) is 6.61 Å². The van der Waals surface area contributed by atoms with Crippen LogP contribution >= 0.6 is 0 Å². The first kappa shape index (κ1) is 25.8. The van der Waals surface area contributed by atoms with E-state index in [9.17, 15) is 29.7 Å². The number of rotatable bonds is 4. The van der Waals surface area contributed by atoms with Crippen molar-refractivity contribution in [2.45, 2.75) is 95.9 Å². The average Bonchev–Trinajstić information content (AvgIpc) is 2.71. The second-order valence-electron chi connectivity index (χ2n) is 11.0. The molecule has 0 bridgehead atoms. The predicted molar refractivity (Wildman–Crippen MR) is 116 cm³/mol. The van der Waals surface area contributed by atoms with Crippen LogP contribution in [0.2, 0.25) is 0 Å². The van der Waals surface area contributed by atoms with Crippen LogP contribution in [0.25, 0.3) is 0 Å². The molecule has 0 spiro atoms. The number of aliphatic hydroxyl groups is 3. The van der Waals surface area contributed by atoms with Gasteiger partial charge in [-0.2, -0.15) is 0 Å². The Hall–Kier alpha value is -1.81. The van der Waals surface area contributed by atoms with Crippen LogP contribution in [0.5, 0.6) is 0 Å². The van der Waals surface area contributed by atoms with E-state index < -0.39 is 76.2 Å². The highest BCUT2D eigenvalue weighted by Gasteiger charge is 2.82. The number of carbonyl (C=O) groups is 3. The lowest BCUT2D eigenvalue weighted by Crippen LogP contribution is -2.87. The van der Waals surface area contributed by atoms with Crippen molar-refractivity contribution in [2.24, 2.45) is 16.7 Å². The second kappa shape index (κ2) is 7.86. The number of aliphatic hydroxyl groups excluding tert-OH is 2. The Morgan fingerprint density at radius 2 is 1.82 bits per heavy atom. The molecule has 3 rings (SSSR count). The number of hydrogen-bond donors (Lipinski definition) is 3. The maximum Gasteiger partial charge on any atom is 0.332 e. The topological polar surface area (TPSA) is 140 Å². The number of hydrogen-bond acceptors (Lipinski definition) is 9. The Balaban J connectivity index is 2.38. The van der Waals surface area contributed by atoms with Crippen LogP contribution in [0, 0.1) is 16.7 Å². The molecule has 3 N–H and O–H groups in total. The molecule has 9 heteroatoms. The summed E-state index contributed by atoms with van der Waals surface area (Å²) >= 11 is 0. The minimum atomic E-state index is -2.29. The largest absolute Gasteiger partial charge is 0.456 e.